The van der Waals surface area contributed by atoms with Crippen LogP contribution >= 0.6 is 0 Å². The summed E-state index contributed by atoms with van der Waals surface area (Å²) in [6.45, 7) is 0. The van der Waals surface area contributed by atoms with Gasteiger partial charge in [0, 0.05) is 12.4 Å². The van der Waals surface area contributed by atoms with E-state index >= 15 is 0 Å². The fourth-order valence-electron chi connectivity index (χ4n) is 1.50. The second-order valence-corrected chi connectivity index (χ2v) is 5.25. The summed E-state index contributed by atoms with van der Waals surface area (Å²) in [5.74, 6) is 0. The minimum atomic E-state index is -4.00. The number of hydrogen-bond donors (Lipinski definition) is 1. The smallest absolute Gasteiger partial charge is 0.282 e. The fraction of sp³-hybridized carbons (Fsp3) is 0. The topological polar surface area (TPSA) is 80.2 Å². The van der Waals surface area contributed by atoms with Crippen molar-refractivity contribution in [1.29, 1.82) is 0 Å². The first-order valence-electron chi connectivity index (χ1n) is 5.76. The predicted octanol–water partition coefficient (Wildman–Crippen LogP) is 2.56. The van der Waals surface area contributed by atoms with Crippen LogP contribution in [-0.4, -0.2) is 22.9 Å². The van der Waals surface area contributed by atoms with Crippen molar-refractivity contribution in [2.24, 2.45) is 0 Å². The molecular formula is C14H12N2O3S. The minimum absolute atomic E-state index is 0.0741. The van der Waals surface area contributed by atoms with Crippen LogP contribution in [0.1, 0.15) is 0 Å². The van der Waals surface area contributed by atoms with E-state index < -0.39 is 10.1 Å². The van der Waals surface area contributed by atoms with E-state index in [9.17, 15) is 8.42 Å². The van der Waals surface area contributed by atoms with Crippen molar-refractivity contribution < 1.29 is 13.0 Å². The summed E-state index contributed by atoms with van der Waals surface area (Å²) in [6, 6.07) is 15.2. The van der Waals surface area contributed by atoms with Gasteiger partial charge in [-0.2, -0.15) is 8.42 Å². The highest BCUT2D eigenvalue weighted by atomic mass is 32.2. The van der Waals surface area contributed by atoms with Gasteiger partial charge in [-0.15, -0.1) is 0 Å². The Kier molecular flexibility index (Phi) is 4.39. The zero-order valence-electron chi connectivity index (χ0n) is 10.4. The number of benzene rings is 2. The average molecular weight is 288 g/mol. The number of rotatable bonds is 1. The molecule has 20 heavy (non-hydrogen) atoms. The second kappa shape index (κ2) is 6.23. The van der Waals surface area contributed by atoms with Crippen LogP contribution in [0.25, 0.3) is 11.0 Å². The highest BCUT2D eigenvalue weighted by molar-refractivity contribution is 7.85. The molecule has 1 N–H and O–H groups in total. The Morgan fingerprint density at radius 3 is 1.60 bits per heavy atom. The number of nitrogens with zero attached hydrogens (tertiary/aromatic N) is 2. The Bertz CT molecular complexity index is 724. The van der Waals surface area contributed by atoms with Crippen LogP contribution < -0.4 is 0 Å². The van der Waals surface area contributed by atoms with Crippen molar-refractivity contribution in [3.05, 3.63) is 67.0 Å². The molecule has 0 saturated carbocycles. The van der Waals surface area contributed by atoms with Gasteiger partial charge in [-0.3, -0.25) is 14.5 Å². The first-order chi connectivity index (χ1) is 9.57. The molecule has 0 aliphatic rings. The third kappa shape index (κ3) is 3.84. The number of para-hydroxylation sites is 2. The number of fused-ring (bicyclic) bond motifs is 1. The van der Waals surface area contributed by atoms with Gasteiger partial charge in [0.2, 0.25) is 0 Å². The van der Waals surface area contributed by atoms with E-state index in [4.69, 9.17) is 4.55 Å². The maximum atomic E-state index is 10.4. The maximum absolute atomic E-state index is 10.4. The molecule has 2 aromatic carbocycles. The molecule has 102 valence electrons. The van der Waals surface area contributed by atoms with Crippen LogP contribution in [-0.2, 0) is 10.1 Å². The van der Waals surface area contributed by atoms with Gasteiger partial charge in [0.25, 0.3) is 10.1 Å². The number of aromatic nitrogens is 2. The third-order valence-electron chi connectivity index (χ3n) is 2.42. The lowest BCUT2D eigenvalue weighted by atomic mass is 10.3. The second-order valence-electron chi connectivity index (χ2n) is 3.83. The molecule has 0 saturated heterocycles. The zero-order chi connectivity index (χ0) is 14.4. The molecule has 0 fully saturated rings. The largest absolute Gasteiger partial charge is 0.294 e. The molecule has 1 heterocycles. The lowest BCUT2D eigenvalue weighted by molar-refractivity contribution is 0.483. The summed E-state index contributed by atoms with van der Waals surface area (Å²) in [5.41, 5.74) is 1.90. The molecule has 0 aliphatic carbocycles. The first-order valence-corrected chi connectivity index (χ1v) is 7.20. The molecule has 0 radical (unpaired) electrons. The minimum Gasteiger partial charge on any atom is -0.282 e. The van der Waals surface area contributed by atoms with Gasteiger partial charge in [0.05, 0.1) is 15.9 Å². The van der Waals surface area contributed by atoms with Crippen molar-refractivity contribution >= 4 is 21.2 Å². The predicted molar refractivity (Wildman–Crippen MR) is 75.8 cm³/mol. The van der Waals surface area contributed by atoms with Crippen molar-refractivity contribution in [2.75, 3.05) is 0 Å². The van der Waals surface area contributed by atoms with Gasteiger partial charge in [0.1, 0.15) is 0 Å². The van der Waals surface area contributed by atoms with Crippen molar-refractivity contribution in [2.45, 2.75) is 4.90 Å². The lowest BCUT2D eigenvalue weighted by Crippen LogP contribution is -1.96. The van der Waals surface area contributed by atoms with Crippen LogP contribution in [0.2, 0.25) is 0 Å². The summed E-state index contributed by atoms with van der Waals surface area (Å²) in [5, 5.41) is 0. The van der Waals surface area contributed by atoms with E-state index in [0.717, 1.165) is 11.0 Å². The molecule has 0 unspecified atom stereocenters. The quantitative estimate of drug-likeness (QED) is 0.696. The van der Waals surface area contributed by atoms with Crippen molar-refractivity contribution in [3.8, 4) is 0 Å². The van der Waals surface area contributed by atoms with E-state index in [1.807, 2.05) is 24.3 Å². The van der Waals surface area contributed by atoms with Crippen molar-refractivity contribution in [1.82, 2.24) is 9.97 Å². The van der Waals surface area contributed by atoms with Crippen LogP contribution in [0, 0.1) is 0 Å². The Morgan fingerprint density at radius 1 is 0.750 bits per heavy atom. The summed E-state index contributed by atoms with van der Waals surface area (Å²) >= 11 is 0. The van der Waals surface area contributed by atoms with Crippen LogP contribution in [0.4, 0.5) is 0 Å². The molecule has 5 nitrogen and oxygen atoms in total. The van der Waals surface area contributed by atoms with Gasteiger partial charge >= 0.3 is 0 Å². The van der Waals surface area contributed by atoms with E-state index in [1.54, 1.807) is 30.6 Å². The van der Waals surface area contributed by atoms with Crippen LogP contribution in [0.3, 0.4) is 0 Å². The molecule has 0 amide bonds. The molecule has 0 aliphatic heterocycles. The Balaban J connectivity index is 0.000000147. The molecule has 0 atom stereocenters. The Labute approximate surface area is 116 Å². The molecule has 3 aromatic rings. The van der Waals surface area contributed by atoms with E-state index in [-0.39, 0.29) is 4.90 Å². The first kappa shape index (κ1) is 14.1. The van der Waals surface area contributed by atoms with E-state index in [2.05, 4.69) is 9.97 Å². The van der Waals surface area contributed by atoms with E-state index in [1.165, 1.54) is 12.1 Å². The summed E-state index contributed by atoms with van der Waals surface area (Å²) < 4.78 is 29.2. The maximum Gasteiger partial charge on any atom is 0.294 e. The van der Waals surface area contributed by atoms with Crippen LogP contribution in [0.5, 0.6) is 0 Å². The van der Waals surface area contributed by atoms with Gasteiger partial charge in [-0.25, -0.2) is 0 Å². The van der Waals surface area contributed by atoms with E-state index in [0.29, 0.717) is 0 Å². The molecule has 1 aromatic heterocycles. The molecule has 0 bridgehead atoms. The SMILES string of the molecule is O=S(=O)(O)c1ccccc1.c1ccc2nccnc2c1. The fourth-order valence-corrected chi connectivity index (χ4v) is 2.00. The standard InChI is InChI=1S/C8H6N2.C6H6O3S/c1-2-4-8-7(3-1)9-5-6-10-8;7-10(8,9)6-4-2-1-3-5-6/h1-6H;1-5H,(H,7,8,9). The van der Waals surface area contributed by atoms with Gasteiger partial charge in [-0.05, 0) is 24.3 Å². The highest BCUT2D eigenvalue weighted by Gasteiger charge is 2.05. The summed E-state index contributed by atoms with van der Waals surface area (Å²) in [4.78, 5) is 8.16. The normalized spacial score (nSPS) is 10.7. The van der Waals surface area contributed by atoms with Gasteiger partial charge in [0.15, 0.2) is 0 Å². The molecule has 3 rings (SSSR count). The third-order valence-corrected chi connectivity index (χ3v) is 3.28. The average Bonchev–Trinajstić information content (AvgIpc) is 2.48. The summed E-state index contributed by atoms with van der Waals surface area (Å²) in [7, 11) is -4.00. The van der Waals surface area contributed by atoms with Gasteiger partial charge < -0.3 is 0 Å². The van der Waals surface area contributed by atoms with Crippen LogP contribution in [0.15, 0.2) is 71.9 Å². The molecule has 0 spiro atoms. The lowest BCUT2D eigenvalue weighted by Gasteiger charge is -1.92. The monoisotopic (exact) mass is 288 g/mol. The van der Waals surface area contributed by atoms with Gasteiger partial charge in [-0.1, -0.05) is 30.3 Å². The van der Waals surface area contributed by atoms with Crippen molar-refractivity contribution in [3.63, 3.8) is 0 Å². The number of hydrogen-bond acceptors (Lipinski definition) is 4. The zero-order valence-corrected chi connectivity index (χ0v) is 11.2. The Hall–Kier alpha value is -2.31. The molecule has 6 heteroatoms. The Morgan fingerprint density at radius 2 is 1.20 bits per heavy atom. The highest BCUT2D eigenvalue weighted by Crippen LogP contribution is 2.05. The summed E-state index contributed by atoms with van der Waals surface area (Å²) in [6.07, 6.45) is 3.39. The molecular weight excluding hydrogens is 276 g/mol.